The highest BCUT2D eigenvalue weighted by Gasteiger charge is 2.29. The van der Waals surface area contributed by atoms with Gasteiger partial charge in [0.25, 0.3) is 0 Å². The van der Waals surface area contributed by atoms with Gasteiger partial charge in [-0.1, -0.05) is 0 Å². The van der Waals surface area contributed by atoms with Crippen molar-refractivity contribution in [2.75, 3.05) is 32.1 Å². The molecule has 4 N–H and O–H groups in total. The van der Waals surface area contributed by atoms with Crippen LogP contribution in [-0.2, 0) is 0 Å². The number of β-amino-alcohol motifs (C(OH)–C–C–N with tert-alkyl or cyclic N) is 1. The topological polar surface area (TPSA) is 91.9 Å². The molecule has 2 aromatic rings. The van der Waals surface area contributed by atoms with Gasteiger partial charge in [-0.15, -0.1) is 0 Å². The van der Waals surface area contributed by atoms with E-state index in [4.69, 9.17) is 9.47 Å². The SMILES string of the molecule is COc1ccc(Oc2ccc(NC(=O)NCC3(O)CCCNC3)cc2)cc1. The first-order valence-corrected chi connectivity index (χ1v) is 8.96. The molecule has 0 aliphatic carbocycles. The number of rotatable bonds is 6. The van der Waals surface area contributed by atoms with Gasteiger partial charge in [-0.25, -0.2) is 4.79 Å². The van der Waals surface area contributed by atoms with Gasteiger partial charge in [0.1, 0.15) is 17.2 Å². The second-order valence-corrected chi connectivity index (χ2v) is 6.61. The third-order valence-electron chi connectivity index (χ3n) is 4.44. The van der Waals surface area contributed by atoms with Gasteiger partial charge < -0.3 is 30.5 Å². The molecule has 1 heterocycles. The molecule has 0 bridgehead atoms. The Balaban J connectivity index is 1.48. The number of hydrogen-bond donors (Lipinski definition) is 4. The number of piperidine rings is 1. The summed E-state index contributed by atoms with van der Waals surface area (Å²) in [6, 6.07) is 14.0. The molecule has 7 heteroatoms. The first-order chi connectivity index (χ1) is 13.1. The zero-order valence-electron chi connectivity index (χ0n) is 15.3. The van der Waals surface area contributed by atoms with E-state index in [-0.39, 0.29) is 12.6 Å². The maximum Gasteiger partial charge on any atom is 0.319 e. The van der Waals surface area contributed by atoms with Crippen LogP contribution in [0.3, 0.4) is 0 Å². The van der Waals surface area contributed by atoms with E-state index in [1.54, 1.807) is 31.4 Å². The predicted molar refractivity (Wildman–Crippen MR) is 104 cm³/mol. The highest BCUT2D eigenvalue weighted by molar-refractivity contribution is 5.89. The van der Waals surface area contributed by atoms with Gasteiger partial charge in [0.05, 0.1) is 12.7 Å². The van der Waals surface area contributed by atoms with Crippen molar-refractivity contribution in [3.05, 3.63) is 48.5 Å². The van der Waals surface area contributed by atoms with Crippen LogP contribution in [0, 0.1) is 0 Å². The molecule has 3 rings (SSSR count). The van der Waals surface area contributed by atoms with Gasteiger partial charge in [0.15, 0.2) is 0 Å². The van der Waals surface area contributed by atoms with E-state index in [9.17, 15) is 9.90 Å². The molecular formula is C20H25N3O4. The lowest BCUT2D eigenvalue weighted by molar-refractivity contribution is 0.0198. The molecule has 0 aromatic heterocycles. The summed E-state index contributed by atoms with van der Waals surface area (Å²) in [7, 11) is 1.62. The predicted octanol–water partition coefficient (Wildman–Crippen LogP) is 2.72. The van der Waals surface area contributed by atoms with Crippen LogP contribution in [0.15, 0.2) is 48.5 Å². The summed E-state index contributed by atoms with van der Waals surface area (Å²) in [6.45, 7) is 1.61. The molecule has 1 fully saturated rings. The van der Waals surface area contributed by atoms with Gasteiger partial charge >= 0.3 is 6.03 Å². The lowest BCUT2D eigenvalue weighted by atomic mass is 9.94. The Morgan fingerprint density at radius 3 is 2.33 bits per heavy atom. The van der Waals surface area contributed by atoms with E-state index >= 15 is 0 Å². The van der Waals surface area contributed by atoms with E-state index in [0.717, 1.165) is 18.7 Å². The fourth-order valence-electron chi connectivity index (χ4n) is 2.91. The standard InChI is InChI=1S/C20H25N3O4/c1-26-16-7-9-18(10-8-16)27-17-5-3-15(4-6-17)23-19(24)22-14-20(25)11-2-12-21-13-20/h3-10,21,25H,2,11-14H2,1H3,(H2,22,23,24). The maximum absolute atomic E-state index is 12.0. The second-order valence-electron chi connectivity index (χ2n) is 6.61. The second kappa shape index (κ2) is 8.75. The van der Waals surface area contributed by atoms with E-state index in [0.29, 0.717) is 30.2 Å². The van der Waals surface area contributed by atoms with Crippen molar-refractivity contribution < 1.29 is 19.4 Å². The number of ether oxygens (including phenoxy) is 2. The zero-order chi connectivity index (χ0) is 19.1. The first kappa shape index (κ1) is 19.0. The number of carbonyl (C=O) groups is 1. The Bertz CT molecular complexity index is 741. The van der Waals surface area contributed by atoms with Crippen molar-refractivity contribution in [1.29, 1.82) is 0 Å². The molecule has 0 saturated carbocycles. The highest BCUT2D eigenvalue weighted by atomic mass is 16.5. The van der Waals surface area contributed by atoms with E-state index < -0.39 is 5.60 Å². The van der Waals surface area contributed by atoms with Crippen LogP contribution in [-0.4, -0.2) is 43.5 Å². The Labute approximate surface area is 158 Å². The highest BCUT2D eigenvalue weighted by Crippen LogP contribution is 2.25. The van der Waals surface area contributed by atoms with Crippen molar-refractivity contribution in [1.82, 2.24) is 10.6 Å². The van der Waals surface area contributed by atoms with Gasteiger partial charge in [-0.3, -0.25) is 0 Å². The molecule has 27 heavy (non-hydrogen) atoms. The number of methoxy groups -OCH3 is 1. The van der Waals surface area contributed by atoms with E-state index in [2.05, 4.69) is 16.0 Å². The Morgan fingerprint density at radius 2 is 1.74 bits per heavy atom. The summed E-state index contributed by atoms with van der Waals surface area (Å²) in [5, 5.41) is 19.0. The molecule has 0 radical (unpaired) electrons. The Hall–Kier alpha value is -2.77. The van der Waals surface area contributed by atoms with Crippen molar-refractivity contribution in [3.63, 3.8) is 0 Å². The maximum atomic E-state index is 12.0. The minimum Gasteiger partial charge on any atom is -0.497 e. The summed E-state index contributed by atoms with van der Waals surface area (Å²) in [5.41, 5.74) is -0.241. The molecule has 1 aliphatic heterocycles. The summed E-state index contributed by atoms with van der Waals surface area (Å²) >= 11 is 0. The average Bonchev–Trinajstić information content (AvgIpc) is 2.69. The third kappa shape index (κ3) is 5.60. The van der Waals surface area contributed by atoms with Crippen molar-refractivity contribution in [3.8, 4) is 17.2 Å². The number of hydrogen-bond acceptors (Lipinski definition) is 5. The fraction of sp³-hybridized carbons (Fsp3) is 0.350. The number of aliphatic hydroxyl groups is 1. The van der Waals surface area contributed by atoms with Crippen molar-refractivity contribution in [2.24, 2.45) is 0 Å². The van der Waals surface area contributed by atoms with Crippen LogP contribution in [0.2, 0.25) is 0 Å². The molecule has 1 saturated heterocycles. The largest absolute Gasteiger partial charge is 0.497 e. The van der Waals surface area contributed by atoms with E-state index in [1.165, 1.54) is 0 Å². The molecule has 144 valence electrons. The van der Waals surface area contributed by atoms with Crippen molar-refractivity contribution >= 4 is 11.7 Å². The van der Waals surface area contributed by atoms with Crippen LogP contribution >= 0.6 is 0 Å². The third-order valence-corrected chi connectivity index (χ3v) is 4.44. The molecule has 1 atom stereocenters. The van der Waals surface area contributed by atoms with Crippen LogP contribution in [0.1, 0.15) is 12.8 Å². The normalized spacial score (nSPS) is 19.2. The number of amides is 2. The van der Waals surface area contributed by atoms with Gasteiger partial charge in [0.2, 0.25) is 0 Å². The molecule has 1 unspecified atom stereocenters. The van der Waals surface area contributed by atoms with Gasteiger partial charge in [-0.05, 0) is 67.9 Å². The molecule has 7 nitrogen and oxygen atoms in total. The number of benzene rings is 2. The molecule has 2 amide bonds. The fourth-order valence-corrected chi connectivity index (χ4v) is 2.91. The summed E-state index contributed by atoms with van der Waals surface area (Å²) in [5.74, 6) is 2.12. The molecule has 2 aromatic carbocycles. The molecule has 0 spiro atoms. The monoisotopic (exact) mass is 371 g/mol. The number of urea groups is 1. The number of anilines is 1. The smallest absolute Gasteiger partial charge is 0.319 e. The van der Waals surface area contributed by atoms with Crippen LogP contribution in [0.5, 0.6) is 17.2 Å². The summed E-state index contributed by atoms with van der Waals surface area (Å²) in [4.78, 5) is 12.0. The quantitative estimate of drug-likeness (QED) is 0.627. The van der Waals surface area contributed by atoms with Crippen LogP contribution < -0.4 is 25.4 Å². The lowest BCUT2D eigenvalue weighted by Crippen LogP contribution is -2.53. The van der Waals surface area contributed by atoms with Crippen LogP contribution in [0.4, 0.5) is 10.5 Å². The average molecular weight is 371 g/mol. The number of carbonyl (C=O) groups excluding carboxylic acids is 1. The minimum absolute atomic E-state index is 0.213. The van der Waals surface area contributed by atoms with Gasteiger partial charge in [-0.2, -0.15) is 0 Å². The zero-order valence-corrected chi connectivity index (χ0v) is 15.3. The summed E-state index contributed by atoms with van der Waals surface area (Å²) in [6.07, 6.45) is 1.58. The minimum atomic E-state index is -0.883. The van der Waals surface area contributed by atoms with Crippen molar-refractivity contribution in [2.45, 2.75) is 18.4 Å². The molecule has 1 aliphatic rings. The van der Waals surface area contributed by atoms with E-state index in [1.807, 2.05) is 24.3 Å². The first-order valence-electron chi connectivity index (χ1n) is 8.96. The number of nitrogens with one attached hydrogen (secondary N) is 3. The van der Waals surface area contributed by atoms with Gasteiger partial charge in [0, 0.05) is 18.8 Å². The Kier molecular flexibility index (Phi) is 6.16. The Morgan fingerprint density at radius 1 is 1.11 bits per heavy atom. The summed E-state index contributed by atoms with van der Waals surface area (Å²) < 4.78 is 10.9. The lowest BCUT2D eigenvalue weighted by Gasteiger charge is -2.32. The molecular weight excluding hydrogens is 346 g/mol. The van der Waals surface area contributed by atoms with Crippen LogP contribution in [0.25, 0.3) is 0 Å².